The molecule has 1 heterocycles. The number of carbonyl (C=O) groups is 2. The Morgan fingerprint density at radius 1 is 1.18 bits per heavy atom. The summed E-state index contributed by atoms with van der Waals surface area (Å²) in [4.78, 5) is 25.6. The monoisotopic (exact) mass is 381 g/mol. The van der Waals surface area contributed by atoms with Gasteiger partial charge in [-0.15, -0.1) is 0 Å². The molecule has 0 unspecified atom stereocenters. The minimum atomic E-state index is -0.128. The molecule has 2 aromatic rings. The molecule has 0 atom stereocenters. The predicted octanol–water partition coefficient (Wildman–Crippen LogP) is 2.59. The summed E-state index contributed by atoms with van der Waals surface area (Å²) >= 11 is 0. The average Bonchev–Trinajstić information content (AvgIpc) is 2.70. The molecular formula is C22H27N3O3. The third-order valence-corrected chi connectivity index (χ3v) is 4.68. The minimum Gasteiger partial charge on any atom is -0.484 e. The van der Waals surface area contributed by atoms with Crippen molar-refractivity contribution in [2.75, 3.05) is 32.1 Å². The molecule has 0 aliphatic carbocycles. The highest BCUT2D eigenvalue weighted by atomic mass is 16.5. The fourth-order valence-electron chi connectivity index (χ4n) is 3.20. The van der Waals surface area contributed by atoms with Crippen LogP contribution in [0.1, 0.15) is 24.0 Å². The number of carbonyl (C=O) groups excluding carboxylic acids is 2. The number of nitrogens with zero attached hydrogens (tertiary/aromatic N) is 1. The van der Waals surface area contributed by atoms with Crippen molar-refractivity contribution in [3.63, 3.8) is 0 Å². The standard InChI is InChI=1S/C22H27N3O3/c1-25(15-17-6-3-2-4-7-17)13-5-12-23-22(27)16-28-19-9-10-20-18(14-19)8-11-21(26)24-20/h2-4,6-7,9-10,14H,5,8,11-13,15-16H2,1H3,(H,23,27)(H,24,26). The molecule has 0 spiro atoms. The van der Waals surface area contributed by atoms with E-state index in [1.807, 2.05) is 30.3 Å². The molecule has 0 aromatic heterocycles. The van der Waals surface area contributed by atoms with Crippen LogP contribution in [-0.4, -0.2) is 43.5 Å². The third kappa shape index (κ3) is 6.09. The van der Waals surface area contributed by atoms with Crippen molar-refractivity contribution in [2.45, 2.75) is 25.8 Å². The molecule has 28 heavy (non-hydrogen) atoms. The van der Waals surface area contributed by atoms with Crippen LogP contribution in [0, 0.1) is 0 Å². The summed E-state index contributed by atoms with van der Waals surface area (Å²) in [5.41, 5.74) is 3.15. The summed E-state index contributed by atoms with van der Waals surface area (Å²) in [5, 5.41) is 5.73. The van der Waals surface area contributed by atoms with E-state index in [2.05, 4.69) is 34.7 Å². The highest BCUT2D eigenvalue weighted by Gasteiger charge is 2.15. The van der Waals surface area contributed by atoms with E-state index < -0.39 is 0 Å². The Hall–Kier alpha value is -2.86. The Bertz CT molecular complexity index is 808. The van der Waals surface area contributed by atoms with Crippen LogP contribution >= 0.6 is 0 Å². The molecule has 148 valence electrons. The van der Waals surface area contributed by atoms with Crippen LogP contribution in [0.2, 0.25) is 0 Å². The number of hydrogen-bond acceptors (Lipinski definition) is 4. The van der Waals surface area contributed by atoms with Gasteiger partial charge in [-0.3, -0.25) is 9.59 Å². The van der Waals surface area contributed by atoms with Gasteiger partial charge in [0.15, 0.2) is 6.61 Å². The van der Waals surface area contributed by atoms with Gasteiger partial charge in [-0.2, -0.15) is 0 Å². The fourth-order valence-corrected chi connectivity index (χ4v) is 3.20. The van der Waals surface area contributed by atoms with Crippen LogP contribution < -0.4 is 15.4 Å². The van der Waals surface area contributed by atoms with Gasteiger partial charge in [0, 0.05) is 25.2 Å². The first-order chi connectivity index (χ1) is 13.6. The van der Waals surface area contributed by atoms with Crippen LogP contribution in [0.5, 0.6) is 5.75 Å². The Morgan fingerprint density at radius 2 is 2.00 bits per heavy atom. The summed E-state index contributed by atoms with van der Waals surface area (Å²) in [6, 6.07) is 15.8. The van der Waals surface area contributed by atoms with Gasteiger partial charge in [0.2, 0.25) is 5.91 Å². The van der Waals surface area contributed by atoms with Gasteiger partial charge in [-0.1, -0.05) is 30.3 Å². The Balaban J connectivity index is 1.32. The highest BCUT2D eigenvalue weighted by molar-refractivity contribution is 5.94. The second-order valence-electron chi connectivity index (χ2n) is 7.08. The average molecular weight is 381 g/mol. The van der Waals surface area contributed by atoms with Gasteiger partial charge in [0.05, 0.1) is 0 Å². The maximum Gasteiger partial charge on any atom is 0.257 e. The predicted molar refractivity (Wildman–Crippen MR) is 109 cm³/mol. The Labute approximate surface area is 165 Å². The van der Waals surface area contributed by atoms with Crippen molar-refractivity contribution in [3.05, 3.63) is 59.7 Å². The van der Waals surface area contributed by atoms with E-state index >= 15 is 0 Å². The number of nitrogens with one attached hydrogen (secondary N) is 2. The van der Waals surface area contributed by atoms with Crippen molar-refractivity contribution >= 4 is 17.5 Å². The van der Waals surface area contributed by atoms with E-state index in [-0.39, 0.29) is 18.4 Å². The molecule has 0 radical (unpaired) electrons. The van der Waals surface area contributed by atoms with Gasteiger partial charge in [-0.05, 0) is 55.8 Å². The van der Waals surface area contributed by atoms with Crippen LogP contribution in [0.4, 0.5) is 5.69 Å². The number of rotatable bonds is 9. The van der Waals surface area contributed by atoms with E-state index in [1.165, 1.54) is 5.56 Å². The third-order valence-electron chi connectivity index (χ3n) is 4.68. The quantitative estimate of drug-likeness (QED) is 0.655. The van der Waals surface area contributed by atoms with Crippen molar-refractivity contribution in [1.29, 1.82) is 0 Å². The summed E-state index contributed by atoms with van der Waals surface area (Å²) < 4.78 is 5.58. The largest absolute Gasteiger partial charge is 0.484 e. The second kappa shape index (κ2) is 9.90. The first-order valence-corrected chi connectivity index (χ1v) is 9.65. The normalized spacial score (nSPS) is 13.0. The first-order valence-electron chi connectivity index (χ1n) is 9.65. The molecule has 2 aromatic carbocycles. The molecule has 0 saturated heterocycles. The molecule has 0 fully saturated rings. The molecule has 0 saturated carbocycles. The first kappa shape index (κ1) is 19.9. The summed E-state index contributed by atoms with van der Waals surface area (Å²) in [6.45, 7) is 2.42. The topological polar surface area (TPSA) is 70.7 Å². The number of ether oxygens (including phenoxy) is 1. The Morgan fingerprint density at radius 3 is 2.82 bits per heavy atom. The zero-order valence-corrected chi connectivity index (χ0v) is 16.2. The number of benzene rings is 2. The molecule has 2 amide bonds. The molecule has 1 aliphatic heterocycles. The van der Waals surface area contributed by atoms with E-state index in [0.29, 0.717) is 25.1 Å². The minimum absolute atomic E-state index is 0.00893. The van der Waals surface area contributed by atoms with Gasteiger partial charge in [0.25, 0.3) is 5.91 Å². The number of aryl methyl sites for hydroxylation is 1. The van der Waals surface area contributed by atoms with Gasteiger partial charge >= 0.3 is 0 Å². The Kier molecular flexibility index (Phi) is 7.03. The molecule has 2 N–H and O–H groups in total. The smallest absolute Gasteiger partial charge is 0.257 e. The van der Waals surface area contributed by atoms with Crippen molar-refractivity contribution in [1.82, 2.24) is 10.2 Å². The SMILES string of the molecule is CN(CCCNC(=O)COc1ccc2c(c1)CCC(=O)N2)Cc1ccccc1. The highest BCUT2D eigenvalue weighted by Crippen LogP contribution is 2.26. The van der Waals surface area contributed by atoms with E-state index in [1.54, 1.807) is 6.07 Å². The van der Waals surface area contributed by atoms with Crippen LogP contribution in [0.3, 0.4) is 0 Å². The number of amides is 2. The maximum absolute atomic E-state index is 12.0. The molecule has 6 heteroatoms. The van der Waals surface area contributed by atoms with Crippen molar-refractivity contribution in [2.24, 2.45) is 0 Å². The van der Waals surface area contributed by atoms with Crippen molar-refractivity contribution < 1.29 is 14.3 Å². The summed E-state index contributed by atoms with van der Waals surface area (Å²) in [6.07, 6.45) is 2.06. The van der Waals surface area contributed by atoms with Gasteiger partial charge in [0.1, 0.15) is 5.75 Å². The number of hydrogen-bond donors (Lipinski definition) is 2. The summed E-state index contributed by atoms with van der Waals surface area (Å²) in [7, 11) is 2.08. The van der Waals surface area contributed by atoms with E-state index in [0.717, 1.165) is 30.8 Å². The molecular weight excluding hydrogens is 354 g/mol. The lowest BCUT2D eigenvalue weighted by molar-refractivity contribution is -0.123. The van der Waals surface area contributed by atoms with Crippen LogP contribution in [0.15, 0.2) is 48.5 Å². The lowest BCUT2D eigenvalue weighted by Crippen LogP contribution is -2.31. The van der Waals surface area contributed by atoms with Crippen LogP contribution in [0.25, 0.3) is 0 Å². The maximum atomic E-state index is 12.0. The zero-order chi connectivity index (χ0) is 19.8. The molecule has 3 rings (SSSR count). The van der Waals surface area contributed by atoms with Gasteiger partial charge < -0.3 is 20.3 Å². The molecule has 1 aliphatic rings. The lowest BCUT2D eigenvalue weighted by atomic mass is 10.0. The molecule has 6 nitrogen and oxygen atoms in total. The van der Waals surface area contributed by atoms with E-state index in [9.17, 15) is 9.59 Å². The number of anilines is 1. The van der Waals surface area contributed by atoms with Crippen LogP contribution in [-0.2, 0) is 22.6 Å². The van der Waals surface area contributed by atoms with Gasteiger partial charge in [-0.25, -0.2) is 0 Å². The van der Waals surface area contributed by atoms with E-state index in [4.69, 9.17) is 4.74 Å². The zero-order valence-electron chi connectivity index (χ0n) is 16.2. The fraction of sp³-hybridized carbons (Fsp3) is 0.364. The lowest BCUT2D eigenvalue weighted by Gasteiger charge is -2.18. The van der Waals surface area contributed by atoms with Crippen molar-refractivity contribution in [3.8, 4) is 5.75 Å². The summed E-state index contributed by atoms with van der Waals surface area (Å²) in [5.74, 6) is 0.555. The number of fused-ring (bicyclic) bond motifs is 1. The second-order valence-corrected chi connectivity index (χ2v) is 7.08. The molecule has 0 bridgehead atoms.